The van der Waals surface area contributed by atoms with Crippen LogP contribution in [0.1, 0.15) is 24.6 Å². The predicted octanol–water partition coefficient (Wildman–Crippen LogP) is 1.90. The lowest BCUT2D eigenvalue weighted by molar-refractivity contribution is 0.422. The van der Waals surface area contributed by atoms with E-state index >= 15 is 0 Å². The van der Waals surface area contributed by atoms with E-state index in [4.69, 9.17) is 10.3 Å². The lowest BCUT2D eigenvalue weighted by Gasteiger charge is -1.99. The van der Waals surface area contributed by atoms with Crippen molar-refractivity contribution < 1.29 is 9.63 Å². The topological polar surface area (TPSA) is 85.2 Å². The largest absolute Gasteiger partial charge is 0.506 e. The normalized spacial score (nSPS) is 15.2. The van der Waals surface area contributed by atoms with Crippen LogP contribution in [0.15, 0.2) is 22.7 Å². The van der Waals surface area contributed by atoms with E-state index in [-0.39, 0.29) is 5.75 Å². The molecule has 1 aromatic heterocycles. The fourth-order valence-corrected chi connectivity index (χ4v) is 1.54. The predicted molar refractivity (Wildman–Crippen MR) is 57.8 cm³/mol. The third kappa shape index (κ3) is 1.50. The minimum atomic E-state index is 0.0312. The zero-order chi connectivity index (χ0) is 11.1. The van der Waals surface area contributed by atoms with Gasteiger partial charge in [0.25, 0.3) is 5.89 Å². The average molecular weight is 217 g/mol. The first-order chi connectivity index (χ1) is 7.74. The van der Waals surface area contributed by atoms with Crippen molar-refractivity contribution in [2.45, 2.75) is 18.8 Å². The van der Waals surface area contributed by atoms with Gasteiger partial charge >= 0.3 is 0 Å². The monoisotopic (exact) mass is 217 g/mol. The molecular weight excluding hydrogens is 206 g/mol. The number of hydrogen-bond acceptors (Lipinski definition) is 5. The van der Waals surface area contributed by atoms with Crippen LogP contribution in [-0.4, -0.2) is 15.2 Å². The number of nitrogens with zero attached hydrogens (tertiary/aromatic N) is 2. The minimum absolute atomic E-state index is 0.0312. The number of phenols is 1. The Kier molecular flexibility index (Phi) is 1.86. The molecular formula is C11H11N3O2. The summed E-state index contributed by atoms with van der Waals surface area (Å²) in [5, 5.41) is 13.4. The van der Waals surface area contributed by atoms with Crippen molar-refractivity contribution in [2.24, 2.45) is 0 Å². The van der Waals surface area contributed by atoms with Crippen LogP contribution in [0.4, 0.5) is 5.69 Å². The van der Waals surface area contributed by atoms with E-state index in [1.807, 2.05) is 0 Å². The smallest absolute Gasteiger partial charge is 0.258 e. The summed E-state index contributed by atoms with van der Waals surface area (Å²) in [7, 11) is 0. The summed E-state index contributed by atoms with van der Waals surface area (Å²) in [6.07, 6.45) is 2.26. The van der Waals surface area contributed by atoms with Crippen molar-refractivity contribution in [3.8, 4) is 17.2 Å². The van der Waals surface area contributed by atoms with Crippen LogP contribution in [0.2, 0.25) is 0 Å². The van der Waals surface area contributed by atoms with Crippen LogP contribution in [0.3, 0.4) is 0 Å². The molecule has 3 rings (SSSR count). The van der Waals surface area contributed by atoms with Gasteiger partial charge in [-0.1, -0.05) is 5.16 Å². The lowest BCUT2D eigenvalue weighted by Crippen LogP contribution is -1.86. The SMILES string of the molecule is Nc1ccc(-c2nc(C3CC3)no2)cc1O. The Hall–Kier alpha value is -2.04. The number of aromatic hydroxyl groups is 1. The maximum atomic E-state index is 9.47. The summed E-state index contributed by atoms with van der Waals surface area (Å²) in [4.78, 5) is 4.28. The number of nitrogens with two attached hydrogens (primary N) is 1. The molecule has 2 aromatic rings. The summed E-state index contributed by atoms with van der Waals surface area (Å²) < 4.78 is 5.13. The molecule has 0 aliphatic heterocycles. The maximum absolute atomic E-state index is 9.47. The maximum Gasteiger partial charge on any atom is 0.258 e. The highest BCUT2D eigenvalue weighted by Gasteiger charge is 2.28. The summed E-state index contributed by atoms with van der Waals surface area (Å²) in [6, 6.07) is 4.89. The van der Waals surface area contributed by atoms with E-state index in [0.717, 1.165) is 18.7 Å². The van der Waals surface area contributed by atoms with Crippen molar-refractivity contribution in [2.75, 3.05) is 5.73 Å². The van der Waals surface area contributed by atoms with Crippen LogP contribution in [0.25, 0.3) is 11.5 Å². The molecule has 1 heterocycles. The zero-order valence-electron chi connectivity index (χ0n) is 8.55. The molecule has 1 saturated carbocycles. The van der Waals surface area contributed by atoms with Gasteiger partial charge in [0.15, 0.2) is 5.82 Å². The third-order valence-electron chi connectivity index (χ3n) is 2.66. The minimum Gasteiger partial charge on any atom is -0.506 e. The summed E-state index contributed by atoms with van der Waals surface area (Å²) in [5.41, 5.74) is 6.54. The van der Waals surface area contributed by atoms with Gasteiger partial charge in [-0.25, -0.2) is 0 Å². The number of aromatic nitrogens is 2. The van der Waals surface area contributed by atoms with Gasteiger partial charge in [0.2, 0.25) is 0 Å². The molecule has 0 atom stereocenters. The van der Waals surface area contributed by atoms with E-state index < -0.39 is 0 Å². The van der Waals surface area contributed by atoms with Crippen molar-refractivity contribution in [3.63, 3.8) is 0 Å². The van der Waals surface area contributed by atoms with Crippen molar-refractivity contribution in [3.05, 3.63) is 24.0 Å². The van der Waals surface area contributed by atoms with Crippen LogP contribution in [0, 0.1) is 0 Å². The number of phenolic OH excluding ortho intramolecular Hbond substituents is 1. The van der Waals surface area contributed by atoms with E-state index in [1.165, 1.54) is 6.07 Å². The number of rotatable bonds is 2. The molecule has 0 saturated heterocycles. The Labute approximate surface area is 91.9 Å². The van der Waals surface area contributed by atoms with Gasteiger partial charge in [-0.2, -0.15) is 4.98 Å². The first-order valence-electron chi connectivity index (χ1n) is 5.16. The van der Waals surface area contributed by atoms with Gasteiger partial charge < -0.3 is 15.4 Å². The fraction of sp³-hybridized carbons (Fsp3) is 0.273. The number of anilines is 1. The standard InChI is InChI=1S/C11H11N3O2/c12-8-4-3-7(5-9(8)15)11-13-10(14-16-11)6-1-2-6/h3-6,15H,1-2,12H2. The Balaban J connectivity index is 1.97. The van der Waals surface area contributed by atoms with E-state index in [1.54, 1.807) is 12.1 Å². The second kappa shape index (κ2) is 3.23. The molecule has 1 aliphatic rings. The van der Waals surface area contributed by atoms with E-state index in [2.05, 4.69) is 10.1 Å². The highest BCUT2D eigenvalue weighted by molar-refractivity contribution is 5.63. The Morgan fingerprint density at radius 2 is 2.19 bits per heavy atom. The van der Waals surface area contributed by atoms with Gasteiger partial charge in [-0.15, -0.1) is 0 Å². The molecule has 3 N–H and O–H groups in total. The Morgan fingerprint density at radius 3 is 2.88 bits per heavy atom. The van der Waals surface area contributed by atoms with Crippen LogP contribution >= 0.6 is 0 Å². The quantitative estimate of drug-likeness (QED) is 0.592. The summed E-state index contributed by atoms with van der Waals surface area (Å²) >= 11 is 0. The van der Waals surface area contributed by atoms with Gasteiger partial charge in [-0.05, 0) is 31.0 Å². The molecule has 1 fully saturated rings. The molecule has 1 aromatic carbocycles. The molecule has 0 unspecified atom stereocenters. The van der Waals surface area contributed by atoms with Gasteiger partial charge in [0.05, 0.1) is 5.69 Å². The molecule has 0 amide bonds. The lowest BCUT2D eigenvalue weighted by atomic mass is 10.2. The summed E-state index contributed by atoms with van der Waals surface area (Å²) in [6.45, 7) is 0. The highest BCUT2D eigenvalue weighted by Crippen LogP contribution is 2.39. The average Bonchev–Trinajstić information content (AvgIpc) is 3.01. The second-order valence-electron chi connectivity index (χ2n) is 4.01. The molecule has 16 heavy (non-hydrogen) atoms. The summed E-state index contributed by atoms with van der Waals surface area (Å²) in [5.74, 6) is 1.67. The molecule has 5 nitrogen and oxygen atoms in total. The van der Waals surface area contributed by atoms with Crippen molar-refractivity contribution in [1.29, 1.82) is 0 Å². The van der Waals surface area contributed by atoms with Gasteiger partial charge in [-0.3, -0.25) is 0 Å². The van der Waals surface area contributed by atoms with Gasteiger partial charge in [0.1, 0.15) is 5.75 Å². The van der Waals surface area contributed by atoms with Crippen molar-refractivity contribution >= 4 is 5.69 Å². The fourth-order valence-electron chi connectivity index (χ4n) is 1.54. The highest BCUT2D eigenvalue weighted by atomic mass is 16.5. The first kappa shape index (κ1) is 9.21. The van der Waals surface area contributed by atoms with Gasteiger partial charge in [0, 0.05) is 11.5 Å². The molecule has 0 spiro atoms. The molecule has 0 bridgehead atoms. The molecule has 5 heteroatoms. The zero-order valence-corrected chi connectivity index (χ0v) is 8.55. The first-order valence-corrected chi connectivity index (χ1v) is 5.16. The van der Waals surface area contributed by atoms with E-state index in [0.29, 0.717) is 23.1 Å². The van der Waals surface area contributed by atoms with E-state index in [9.17, 15) is 5.11 Å². The second-order valence-corrected chi connectivity index (χ2v) is 4.01. The molecule has 0 radical (unpaired) electrons. The number of nitrogen functional groups attached to an aromatic ring is 1. The van der Waals surface area contributed by atoms with Crippen LogP contribution in [0.5, 0.6) is 5.75 Å². The van der Waals surface area contributed by atoms with Crippen LogP contribution < -0.4 is 5.73 Å². The molecule has 1 aliphatic carbocycles. The Bertz CT molecular complexity index is 532. The molecule has 82 valence electrons. The van der Waals surface area contributed by atoms with Crippen molar-refractivity contribution in [1.82, 2.24) is 10.1 Å². The Morgan fingerprint density at radius 1 is 1.38 bits per heavy atom. The number of benzene rings is 1. The van der Waals surface area contributed by atoms with Crippen LogP contribution in [-0.2, 0) is 0 Å². The number of hydrogen-bond donors (Lipinski definition) is 2. The third-order valence-corrected chi connectivity index (χ3v) is 2.66.